The van der Waals surface area contributed by atoms with Crippen LogP contribution in [0.15, 0.2) is 41.3 Å². The number of hydrogen-bond donors (Lipinski definition) is 1. The van der Waals surface area contributed by atoms with Crippen LogP contribution in [0, 0.1) is 17.6 Å². The van der Waals surface area contributed by atoms with Gasteiger partial charge in [0.15, 0.2) is 0 Å². The van der Waals surface area contributed by atoms with Gasteiger partial charge in [-0.1, -0.05) is 31.5 Å². The van der Waals surface area contributed by atoms with Crippen LogP contribution in [0.25, 0.3) is 0 Å². The molecule has 1 unspecified atom stereocenters. The van der Waals surface area contributed by atoms with Gasteiger partial charge >= 0.3 is 5.97 Å². The highest BCUT2D eigenvalue weighted by molar-refractivity contribution is 8.00. The van der Waals surface area contributed by atoms with E-state index in [0.29, 0.717) is 4.90 Å². The number of hydrogen-bond acceptors (Lipinski definition) is 4. The van der Waals surface area contributed by atoms with Crippen LogP contribution in [-0.2, 0) is 9.53 Å². The van der Waals surface area contributed by atoms with E-state index in [4.69, 9.17) is 16.3 Å². The molecule has 29 heavy (non-hydrogen) atoms. The number of esters is 1. The predicted molar refractivity (Wildman–Crippen MR) is 111 cm³/mol. The molecule has 0 aliphatic rings. The van der Waals surface area contributed by atoms with Crippen LogP contribution in [-0.4, -0.2) is 23.2 Å². The number of halogens is 3. The molecule has 0 aromatic heterocycles. The molecule has 156 valence electrons. The fraction of sp³-hybridized carbons (Fsp3) is 0.333. The molecule has 8 heteroatoms. The maximum absolute atomic E-state index is 14.3. The van der Waals surface area contributed by atoms with Gasteiger partial charge in [-0.15, -0.1) is 11.8 Å². The minimum absolute atomic E-state index is 0.0501. The summed E-state index contributed by atoms with van der Waals surface area (Å²) in [7, 11) is 0. The van der Waals surface area contributed by atoms with Crippen molar-refractivity contribution in [3.8, 4) is 0 Å². The van der Waals surface area contributed by atoms with Gasteiger partial charge < -0.3 is 10.1 Å². The average Bonchev–Trinajstić information content (AvgIpc) is 2.61. The lowest BCUT2D eigenvalue weighted by Gasteiger charge is -2.21. The van der Waals surface area contributed by atoms with Gasteiger partial charge in [0.2, 0.25) is 0 Å². The molecule has 1 N–H and O–H groups in total. The van der Waals surface area contributed by atoms with Gasteiger partial charge in [0.25, 0.3) is 5.91 Å². The van der Waals surface area contributed by atoms with E-state index in [9.17, 15) is 18.4 Å². The lowest BCUT2D eigenvalue weighted by atomic mass is 10.1. The second-order valence-corrected chi connectivity index (χ2v) is 8.59. The Kier molecular flexibility index (Phi) is 8.05. The van der Waals surface area contributed by atoms with E-state index in [-0.39, 0.29) is 28.3 Å². The highest BCUT2D eigenvalue weighted by Crippen LogP contribution is 2.37. The van der Waals surface area contributed by atoms with Crippen LogP contribution in [0.3, 0.4) is 0 Å². The first-order chi connectivity index (χ1) is 13.6. The number of amides is 1. The molecule has 0 fully saturated rings. The number of ether oxygens (including phenoxy) is 1. The van der Waals surface area contributed by atoms with Crippen LogP contribution in [0.5, 0.6) is 0 Å². The number of anilines is 1. The van der Waals surface area contributed by atoms with Gasteiger partial charge in [0.05, 0.1) is 16.8 Å². The number of carbonyl (C=O) groups excluding carboxylic acids is 2. The third-order valence-electron chi connectivity index (χ3n) is 3.80. The summed E-state index contributed by atoms with van der Waals surface area (Å²) >= 11 is 7.30. The Bertz CT molecular complexity index is 905. The zero-order chi connectivity index (χ0) is 21.7. The normalized spacial score (nSPS) is 12.2. The quantitative estimate of drug-likeness (QED) is 0.426. The topological polar surface area (TPSA) is 55.4 Å². The summed E-state index contributed by atoms with van der Waals surface area (Å²) in [6, 6.07) is 7.48. The Balaban J connectivity index is 2.28. The van der Waals surface area contributed by atoms with Gasteiger partial charge in [-0.25, -0.2) is 8.78 Å². The molecule has 0 heterocycles. The van der Waals surface area contributed by atoms with Gasteiger partial charge in [-0.2, -0.15) is 0 Å². The van der Waals surface area contributed by atoms with E-state index in [0.717, 1.165) is 23.9 Å². The minimum Gasteiger partial charge on any atom is -0.462 e. The van der Waals surface area contributed by atoms with Crippen molar-refractivity contribution >= 4 is 40.9 Å². The van der Waals surface area contributed by atoms with Gasteiger partial charge in [-0.05, 0) is 50.1 Å². The Labute approximate surface area is 178 Å². The van der Waals surface area contributed by atoms with Crippen molar-refractivity contribution < 1.29 is 23.1 Å². The van der Waals surface area contributed by atoms with Crippen molar-refractivity contribution in [2.24, 2.45) is 5.92 Å². The summed E-state index contributed by atoms with van der Waals surface area (Å²) in [6.45, 7) is 7.24. The molecule has 2 aromatic rings. The van der Waals surface area contributed by atoms with Gasteiger partial charge in [-0.3, -0.25) is 9.59 Å². The summed E-state index contributed by atoms with van der Waals surface area (Å²) in [5.74, 6) is -2.45. The minimum atomic E-state index is -0.741. The van der Waals surface area contributed by atoms with E-state index >= 15 is 0 Å². The lowest BCUT2D eigenvalue weighted by Crippen LogP contribution is -2.27. The fourth-order valence-corrected chi connectivity index (χ4v) is 3.77. The van der Waals surface area contributed by atoms with Crippen LogP contribution in [0.2, 0.25) is 5.02 Å². The maximum Gasteiger partial charge on any atom is 0.319 e. The molecule has 0 saturated heterocycles. The molecule has 0 aliphatic heterocycles. The first-order valence-electron chi connectivity index (χ1n) is 9.01. The lowest BCUT2D eigenvalue weighted by molar-refractivity contribution is -0.147. The molecule has 0 saturated carbocycles. The van der Waals surface area contributed by atoms with Crippen molar-refractivity contribution in [3.05, 3.63) is 58.6 Å². The van der Waals surface area contributed by atoms with E-state index in [2.05, 4.69) is 5.32 Å². The summed E-state index contributed by atoms with van der Waals surface area (Å²) in [6.07, 6.45) is -0.269. The van der Waals surface area contributed by atoms with Crippen molar-refractivity contribution in [2.45, 2.75) is 43.9 Å². The Hall–Kier alpha value is -2.12. The second kappa shape index (κ2) is 10.1. The van der Waals surface area contributed by atoms with Crippen LogP contribution >= 0.6 is 23.4 Å². The number of carbonyl (C=O) groups is 2. The van der Waals surface area contributed by atoms with E-state index in [1.54, 1.807) is 13.8 Å². The Morgan fingerprint density at radius 2 is 1.79 bits per heavy atom. The van der Waals surface area contributed by atoms with Gasteiger partial charge in [0, 0.05) is 10.5 Å². The van der Waals surface area contributed by atoms with Crippen LogP contribution in [0.1, 0.15) is 38.1 Å². The summed E-state index contributed by atoms with van der Waals surface area (Å²) in [5, 5.41) is 1.96. The molecule has 0 aliphatic carbocycles. The van der Waals surface area contributed by atoms with Crippen molar-refractivity contribution in [1.82, 2.24) is 0 Å². The molecule has 0 radical (unpaired) electrons. The molecule has 2 aromatic carbocycles. The van der Waals surface area contributed by atoms with Crippen LogP contribution in [0.4, 0.5) is 14.5 Å². The first kappa shape index (κ1) is 23.2. The number of rotatable bonds is 7. The van der Waals surface area contributed by atoms with Crippen LogP contribution < -0.4 is 5.32 Å². The van der Waals surface area contributed by atoms with Crippen molar-refractivity contribution in [3.63, 3.8) is 0 Å². The standard InChI is InChI=1S/C21H22ClF2NO3S/c1-11(2)19(21(27)28-12(3)4)29-18-10-17(16(24)9-15(18)22)25-20(26)13-6-5-7-14(23)8-13/h5-12,19H,1-4H3,(H,25,26). The summed E-state index contributed by atoms with van der Waals surface area (Å²) in [4.78, 5) is 25.1. The zero-order valence-corrected chi connectivity index (χ0v) is 18.0. The third-order valence-corrected chi connectivity index (χ3v) is 5.81. The first-order valence-corrected chi connectivity index (χ1v) is 10.3. The number of nitrogens with one attached hydrogen (secondary N) is 1. The SMILES string of the molecule is CC(C)OC(=O)C(Sc1cc(NC(=O)c2cccc(F)c2)c(F)cc1Cl)C(C)C. The third kappa shape index (κ3) is 6.44. The molecule has 1 amide bonds. The maximum atomic E-state index is 14.3. The zero-order valence-electron chi connectivity index (χ0n) is 16.5. The molecule has 0 spiro atoms. The second-order valence-electron chi connectivity index (χ2n) is 7.00. The smallest absolute Gasteiger partial charge is 0.319 e. The Morgan fingerprint density at radius 3 is 2.38 bits per heavy atom. The molecule has 4 nitrogen and oxygen atoms in total. The summed E-state index contributed by atoms with van der Waals surface area (Å²) in [5.41, 5.74) is -0.0694. The summed E-state index contributed by atoms with van der Waals surface area (Å²) < 4.78 is 33.0. The van der Waals surface area contributed by atoms with Crippen molar-refractivity contribution in [2.75, 3.05) is 5.32 Å². The van der Waals surface area contributed by atoms with Crippen molar-refractivity contribution in [1.29, 1.82) is 0 Å². The Morgan fingerprint density at radius 1 is 1.10 bits per heavy atom. The van der Waals surface area contributed by atoms with E-state index in [1.165, 1.54) is 24.3 Å². The van der Waals surface area contributed by atoms with E-state index < -0.39 is 28.8 Å². The molecule has 1 atom stereocenters. The fourth-order valence-electron chi connectivity index (χ4n) is 2.43. The highest BCUT2D eigenvalue weighted by atomic mass is 35.5. The highest BCUT2D eigenvalue weighted by Gasteiger charge is 2.27. The number of thioether (sulfide) groups is 1. The largest absolute Gasteiger partial charge is 0.462 e. The number of benzene rings is 2. The molecule has 2 rings (SSSR count). The molecular formula is C21H22ClF2NO3S. The predicted octanol–water partition coefficient (Wildman–Crippen LogP) is 5.94. The molecular weight excluding hydrogens is 420 g/mol. The monoisotopic (exact) mass is 441 g/mol. The molecule has 0 bridgehead atoms. The van der Waals surface area contributed by atoms with E-state index in [1.807, 2.05) is 13.8 Å². The average molecular weight is 442 g/mol. The van der Waals surface area contributed by atoms with Gasteiger partial charge in [0.1, 0.15) is 16.9 Å².